The molecule has 1 aromatic heterocycles. The smallest absolute Gasteiger partial charge is 0.0701 e. The number of hydrogen-bond donors (Lipinski definition) is 0. The molecule has 25 heavy (non-hydrogen) atoms. The normalized spacial score (nSPS) is 10.6. The van der Waals surface area contributed by atoms with Crippen molar-refractivity contribution >= 4 is 0 Å². The molecule has 0 saturated carbocycles. The molecular weight excluding hydrogens is 302 g/mol. The van der Waals surface area contributed by atoms with E-state index in [1.54, 1.807) is 0 Å². The molecule has 0 aliphatic carbocycles. The van der Waals surface area contributed by atoms with Gasteiger partial charge in [0, 0.05) is 11.8 Å². The Balaban J connectivity index is 1.78. The van der Waals surface area contributed by atoms with Crippen LogP contribution in [0, 0.1) is 6.92 Å². The maximum atomic E-state index is 4.43. The Morgan fingerprint density at radius 2 is 1.12 bits per heavy atom. The molecule has 0 aliphatic rings. The number of benzene rings is 3. The molecular formula is C24H19N. The number of aromatic nitrogens is 1. The summed E-state index contributed by atoms with van der Waals surface area (Å²) in [7, 11) is 0. The minimum atomic E-state index is 1.00. The van der Waals surface area contributed by atoms with Crippen molar-refractivity contribution in [2.45, 2.75) is 6.92 Å². The Bertz CT molecular complexity index is 986. The predicted octanol–water partition coefficient (Wildman–Crippen LogP) is 6.39. The zero-order chi connectivity index (χ0) is 17.1. The molecule has 0 fully saturated rings. The highest BCUT2D eigenvalue weighted by atomic mass is 14.7. The molecule has 4 rings (SSSR count). The number of nitrogens with zero attached hydrogens (tertiary/aromatic N) is 1. The van der Waals surface area contributed by atoms with Crippen LogP contribution < -0.4 is 0 Å². The summed E-state index contributed by atoms with van der Waals surface area (Å²) in [4.78, 5) is 4.43. The van der Waals surface area contributed by atoms with Crippen molar-refractivity contribution in [2.24, 2.45) is 0 Å². The lowest BCUT2D eigenvalue weighted by molar-refractivity contribution is 1.33. The van der Waals surface area contributed by atoms with E-state index < -0.39 is 0 Å². The Labute approximate surface area is 148 Å². The van der Waals surface area contributed by atoms with Gasteiger partial charge in [0.2, 0.25) is 0 Å². The van der Waals surface area contributed by atoms with Crippen LogP contribution in [0.3, 0.4) is 0 Å². The van der Waals surface area contributed by atoms with Crippen molar-refractivity contribution < 1.29 is 0 Å². The van der Waals surface area contributed by atoms with Crippen molar-refractivity contribution in [3.8, 4) is 33.5 Å². The van der Waals surface area contributed by atoms with E-state index in [-0.39, 0.29) is 0 Å². The van der Waals surface area contributed by atoms with E-state index >= 15 is 0 Å². The SMILES string of the molecule is Cc1ccccc1-c1ccccc1-c1ccc(-c2ccccn2)cc1. The third-order valence-corrected chi connectivity index (χ3v) is 4.52. The molecule has 1 heterocycles. The molecule has 0 aliphatic heterocycles. The number of pyridine rings is 1. The molecule has 0 radical (unpaired) electrons. The van der Waals surface area contributed by atoms with Crippen molar-refractivity contribution in [2.75, 3.05) is 0 Å². The van der Waals surface area contributed by atoms with E-state index in [1.807, 2.05) is 24.4 Å². The highest BCUT2D eigenvalue weighted by Gasteiger charge is 2.09. The minimum absolute atomic E-state index is 1.00. The van der Waals surface area contributed by atoms with Gasteiger partial charge >= 0.3 is 0 Å². The molecule has 1 heteroatoms. The van der Waals surface area contributed by atoms with Crippen molar-refractivity contribution in [3.05, 3.63) is 103 Å². The van der Waals surface area contributed by atoms with Crippen LogP contribution in [0.4, 0.5) is 0 Å². The number of rotatable bonds is 3. The lowest BCUT2D eigenvalue weighted by Crippen LogP contribution is -1.88. The van der Waals surface area contributed by atoms with Crippen molar-refractivity contribution in [1.29, 1.82) is 0 Å². The Kier molecular flexibility index (Phi) is 4.14. The fourth-order valence-corrected chi connectivity index (χ4v) is 3.20. The molecule has 0 saturated heterocycles. The van der Waals surface area contributed by atoms with Crippen LogP contribution in [0.2, 0.25) is 0 Å². The van der Waals surface area contributed by atoms with Gasteiger partial charge in [-0.1, -0.05) is 78.9 Å². The fourth-order valence-electron chi connectivity index (χ4n) is 3.20. The zero-order valence-electron chi connectivity index (χ0n) is 14.2. The zero-order valence-corrected chi connectivity index (χ0v) is 14.2. The van der Waals surface area contributed by atoms with E-state index in [0.717, 1.165) is 11.3 Å². The first-order chi connectivity index (χ1) is 12.3. The summed E-state index contributed by atoms with van der Waals surface area (Å²) in [6, 6.07) is 31.8. The summed E-state index contributed by atoms with van der Waals surface area (Å²) in [6.45, 7) is 2.16. The second-order valence-corrected chi connectivity index (χ2v) is 6.15. The Morgan fingerprint density at radius 1 is 0.520 bits per heavy atom. The van der Waals surface area contributed by atoms with Crippen LogP contribution in [0.25, 0.3) is 33.5 Å². The molecule has 0 bridgehead atoms. The molecule has 0 unspecified atom stereocenters. The van der Waals surface area contributed by atoms with E-state index in [0.29, 0.717) is 0 Å². The van der Waals surface area contributed by atoms with Crippen LogP contribution >= 0.6 is 0 Å². The lowest BCUT2D eigenvalue weighted by Gasteiger charge is -2.13. The average Bonchev–Trinajstić information content (AvgIpc) is 2.69. The molecule has 4 aromatic rings. The fraction of sp³-hybridized carbons (Fsp3) is 0.0417. The largest absolute Gasteiger partial charge is 0.256 e. The van der Waals surface area contributed by atoms with E-state index in [2.05, 4.69) is 84.7 Å². The predicted molar refractivity (Wildman–Crippen MR) is 105 cm³/mol. The first-order valence-corrected chi connectivity index (χ1v) is 8.50. The van der Waals surface area contributed by atoms with Gasteiger partial charge < -0.3 is 0 Å². The van der Waals surface area contributed by atoms with Gasteiger partial charge in [0.15, 0.2) is 0 Å². The monoisotopic (exact) mass is 321 g/mol. The number of aryl methyl sites for hydroxylation is 1. The summed E-state index contributed by atoms with van der Waals surface area (Å²) >= 11 is 0. The van der Waals surface area contributed by atoms with Gasteiger partial charge in [-0.05, 0) is 46.9 Å². The van der Waals surface area contributed by atoms with Crippen LogP contribution in [0.5, 0.6) is 0 Å². The standard InChI is InChI=1S/C24H19N/c1-18-8-2-3-9-21(18)23-11-5-4-10-22(23)19-13-15-20(16-14-19)24-12-6-7-17-25-24/h2-17H,1H3. The van der Waals surface area contributed by atoms with Gasteiger partial charge in [-0.25, -0.2) is 0 Å². The third-order valence-electron chi connectivity index (χ3n) is 4.52. The van der Waals surface area contributed by atoms with Crippen LogP contribution in [0.1, 0.15) is 5.56 Å². The van der Waals surface area contributed by atoms with Gasteiger partial charge in [-0.2, -0.15) is 0 Å². The van der Waals surface area contributed by atoms with E-state index in [1.165, 1.54) is 27.8 Å². The third kappa shape index (κ3) is 3.09. The first kappa shape index (κ1) is 15.3. The molecule has 120 valence electrons. The maximum Gasteiger partial charge on any atom is 0.0701 e. The Morgan fingerprint density at radius 3 is 1.80 bits per heavy atom. The molecule has 3 aromatic carbocycles. The van der Waals surface area contributed by atoms with Gasteiger partial charge in [0.05, 0.1) is 5.69 Å². The quantitative estimate of drug-likeness (QED) is 0.426. The van der Waals surface area contributed by atoms with Crippen LogP contribution in [-0.4, -0.2) is 4.98 Å². The van der Waals surface area contributed by atoms with E-state index in [9.17, 15) is 0 Å². The van der Waals surface area contributed by atoms with E-state index in [4.69, 9.17) is 0 Å². The average molecular weight is 321 g/mol. The number of hydrogen-bond acceptors (Lipinski definition) is 1. The maximum absolute atomic E-state index is 4.43. The lowest BCUT2D eigenvalue weighted by atomic mass is 9.92. The summed E-state index contributed by atoms with van der Waals surface area (Å²) in [6.07, 6.45) is 1.83. The second kappa shape index (κ2) is 6.74. The van der Waals surface area contributed by atoms with Crippen molar-refractivity contribution in [1.82, 2.24) is 4.98 Å². The van der Waals surface area contributed by atoms with Crippen LogP contribution in [0.15, 0.2) is 97.2 Å². The van der Waals surface area contributed by atoms with Gasteiger partial charge in [0.25, 0.3) is 0 Å². The molecule has 0 spiro atoms. The first-order valence-electron chi connectivity index (χ1n) is 8.50. The summed E-state index contributed by atoms with van der Waals surface area (Å²) in [5.41, 5.74) is 8.46. The molecule has 1 nitrogen and oxygen atoms in total. The van der Waals surface area contributed by atoms with Gasteiger partial charge in [-0.3, -0.25) is 4.98 Å². The molecule has 0 N–H and O–H groups in total. The molecule has 0 atom stereocenters. The Hall–Kier alpha value is -3.19. The summed E-state index contributed by atoms with van der Waals surface area (Å²) in [5, 5.41) is 0. The highest BCUT2D eigenvalue weighted by Crippen LogP contribution is 2.34. The molecule has 0 amide bonds. The van der Waals surface area contributed by atoms with Crippen LogP contribution in [-0.2, 0) is 0 Å². The summed E-state index contributed by atoms with van der Waals surface area (Å²) < 4.78 is 0. The highest BCUT2D eigenvalue weighted by molar-refractivity contribution is 5.85. The van der Waals surface area contributed by atoms with Gasteiger partial charge in [0.1, 0.15) is 0 Å². The van der Waals surface area contributed by atoms with Gasteiger partial charge in [-0.15, -0.1) is 0 Å². The summed E-state index contributed by atoms with van der Waals surface area (Å²) in [5.74, 6) is 0. The topological polar surface area (TPSA) is 12.9 Å². The minimum Gasteiger partial charge on any atom is -0.256 e. The second-order valence-electron chi connectivity index (χ2n) is 6.15. The van der Waals surface area contributed by atoms with Crippen molar-refractivity contribution in [3.63, 3.8) is 0 Å².